The molecular weight excluding hydrogens is 460 g/mol. The van der Waals surface area contributed by atoms with Crippen LogP contribution < -0.4 is 0 Å². The van der Waals surface area contributed by atoms with E-state index in [1.165, 1.54) is 0 Å². The van der Waals surface area contributed by atoms with Crippen LogP contribution in [0.15, 0.2) is 18.3 Å². The molecule has 0 spiro atoms. The molecule has 3 heterocycles. The number of hydrogen-bond donors (Lipinski definition) is 0. The molecule has 9 heteroatoms. The second kappa shape index (κ2) is 11.2. The Morgan fingerprint density at radius 1 is 1.22 bits per heavy atom. The van der Waals surface area contributed by atoms with E-state index in [-0.39, 0.29) is 18.5 Å². The summed E-state index contributed by atoms with van der Waals surface area (Å²) in [5.41, 5.74) is 2.43. The molecule has 1 saturated carbocycles. The van der Waals surface area contributed by atoms with Crippen LogP contribution >= 0.6 is 0 Å². The SMILES string of the molecule is COCCCCn1cc(CN(C(=O)[C@H]2CN(C(=O)OC(C)(C)C)CCO2)C2CC2)c2ccc(C)nc21. The lowest BCUT2D eigenvalue weighted by atomic mass is 10.1. The number of aryl methyl sites for hydroxylation is 2. The highest BCUT2D eigenvalue weighted by Crippen LogP contribution is 2.32. The van der Waals surface area contributed by atoms with Gasteiger partial charge in [0.15, 0.2) is 6.10 Å². The summed E-state index contributed by atoms with van der Waals surface area (Å²) >= 11 is 0. The molecular formula is C27H40N4O5. The highest BCUT2D eigenvalue weighted by molar-refractivity contribution is 5.85. The van der Waals surface area contributed by atoms with Crippen molar-refractivity contribution in [3.63, 3.8) is 0 Å². The number of morpholine rings is 1. The second-order valence-electron chi connectivity index (χ2n) is 10.9. The third-order valence-electron chi connectivity index (χ3n) is 6.55. The van der Waals surface area contributed by atoms with Crippen LogP contribution in [0.3, 0.4) is 0 Å². The van der Waals surface area contributed by atoms with E-state index in [0.717, 1.165) is 61.1 Å². The van der Waals surface area contributed by atoms with Crippen LogP contribution in [0.2, 0.25) is 0 Å². The minimum Gasteiger partial charge on any atom is -0.444 e. The van der Waals surface area contributed by atoms with Gasteiger partial charge >= 0.3 is 6.09 Å². The Balaban J connectivity index is 1.50. The highest BCUT2D eigenvalue weighted by Gasteiger charge is 2.39. The molecule has 0 N–H and O–H groups in total. The van der Waals surface area contributed by atoms with Gasteiger partial charge in [-0.3, -0.25) is 4.79 Å². The average Bonchev–Trinajstić information content (AvgIpc) is 3.62. The van der Waals surface area contributed by atoms with E-state index in [9.17, 15) is 9.59 Å². The number of amides is 2. The minimum atomic E-state index is -0.686. The van der Waals surface area contributed by atoms with Gasteiger partial charge in [0, 0.05) is 56.7 Å². The van der Waals surface area contributed by atoms with Crippen molar-refractivity contribution < 1.29 is 23.8 Å². The lowest BCUT2D eigenvalue weighted by Gasteiger charge is -2.35. The smallest absolute Gasteiger partial charge is 0.410 e. The van der Waals surface area contributed by atoms with Gasteiger partial charge in [0.1, 0.15) is 11.2 Å². The Labute approximate surface area is 213 Å². The normalized spacial score (nSPS) is 18.5. The van der Waals surface area contributed by atoms with Crippen molar-refractivity contribution >= 4 is 23.0 Å². The molecule has 0 bridgehead atoms. The highest BCUT2D eigenvalue weighted by atomic mass is 16.6. The van der Waals surface area contributed by atoms with Crippen LogP contribution in [0.25, 0.3) is 11.0 Å². The van der Waals surface area contributed by atoms with Crippen molar-refractivity contribution in [2.75, 3.05) is 33.4 Å². The Morgan fingerprint density at radius 3 is 2.69 bits per heavy atom. The van der Waals surface area contributed by atoms with Crippen molar-refractivity contribution in [3.05, 3.63) is 29.6 Å². The van der Waals surface area contributed by atoms with E-state index in [4.69, 9.17) is 19.2 Å². The van der Waals surface area contributed by atoms with Crippen LogP contribution in [0.4, 0.5) is 4.79 Å². The van der Waals surface area contributed by atoms with Crippen LogP contribution in [-0.4, -0.2) is 82.5 Å². The lowest BCUT2D eigenvalue weighted by molar-refractivity contribution is -0.150. The molecule has 36 heavy (non-hydrogen) atoms. The van der Waals surface area contributed by atoms with Crippen molar-refractivity contribution in [3.8, 4) is 0 Å². The lowest BCUT2D eigenvalue weighted by Crippen LogP contribution is -2.53. The summed E-state index contributed by atoms with van der Waals surface area (Å²) in [7, 11) is 1.72. The van der Waals surface area contributed by atoms with Gasteiger partial charge in [0.25, 0.3) is 5.91 Å². The summed E-state index contributed by atoms with van der Waals surface area (Å²) in [6.45, 7) is 10.6. The van der Waals surface area contributed by atoms with Crippen molar-refractivity contribution in [1.29, 1.82) is 0 Å². The molecule has 9 nitrogen and oxygen atoms in total. The average molecular weight is 501 g/mol. The predicted octanol–water partition coefficient (Wildman–Crippen LogP) is 3.90. The number of unbranched alkanes of at least 4 members (excludes halogenated alkanes) is 1. The number of rotatable bonds is 9. The summed E-state index contributed by atoms with van der Waals surface area (Å²) in [6, 6.07) is 4.33. The minimum absolute atomic E-state index is 0.0631. The number of aromatic nitrogens is 2. The van der Waals surface area contributed by atoms with Gasteiger partial charge in [-0.1, -0.05) is 0 Å². The topological polar surface area (TPSA) is 86.1 Å². The van der Waals surface area contributed by atoms with Gasteiger partial charge < -0.3 is 28.6 Å². The van der Waals surface area contributed by atoms with Crippen molar-refractivity contribution in [1.82, 2.24) is 19.4 Å². The zero-order chi connectivity index (χ0) is 25.9. The maximum absolute atomic E-state index is 13.7. The van der Waals surface area contributed by atoms with Gasteiger partial charge in [-0.25, -0.2) is 9.78 Å². The molecule has 1 aliphatic carbocycles. The first-order chi connectivity index (χ1) is 17.2. The molecule has 1 saturated heterocycles. The van der Waals surface area contributed by atoms with Crippen LogP contribution in [0.1, 0.15) is 57.7 Å². The number of methoxy groups -OCH3 is 1. The summed E-state index contributed by atoms with van der Waals surface area (Å²) in [6.07, 6.45) is 5.00. The van der Waals surface area contributed by atoms with Crippen molar-refractivity contribution in [2.24, 2.45) is 0 Å². The Morgan fingerprint density at radius 2 is 2.00 bits per heavy atom. The van der Waals surface area contributed by atoms with E-state index in [1.54, 1.807) is 12.0 Å². The van der Waals surface area contributed by atoms with E-state index >= 15 is 0 Å². The fraction of sp³-hybridized carbons (Fsp3) is 0.667. The summed E-state index contributed by atoms with van der Waals surface area (Å²) in [4.78, 5) is 34.6. The first kappa shape index (κ1) is 26.4. The number of hydrogen-bond acceptors (Lipinski definition) is 6. The molecule has 1 aliphatic heterocycles. The summed E-state index contributed by atoms with van der Waals surface area (Å²) < 4.78 is 18.8. The standard InChI is InChI=1S/C27H40N4O5/c1-19-8-11-22-20(16-29(24(22)28-19)12-6-7-14-34-5)17-31(21-9-10-21)25(32)23-18-30(13-15-35-23)26(33)36-27(2,3)4/h8,11,16,21,23H,6-7,9-10,12-15,17-18H2,1-5H3/t23-/m1/s1. The fourth-order valence-electron chi connectivity index (χ4n) is 4.59. The third-order valence-corrected chi connectivity index (χ3v) is 6.55. The molecule has 0 unspecified atom stereocenters. The fourth-order valence-corrected chi connectivity index (χ4v) is 4.59. The van der Waals surface area contributed by atoms with E-state index in [1.807, 2.05) is 38.7 Å². The molecule has 1 atom stereocenters. The maximum Gasteiger partial charge on any atom is 0.410 e. The number of carbonyl (C=O) groups excluding carboxylic acids is 2. The third kappa shape index (κ3) is 6.56. The molecule has 0 radical (unpaired) electrons. The van der Waals surface area contributed by atoms with E-state index < -0.39 is 17.8 Å². The van der Waals surface area contributed by atoms with Gasteiger partial charge in [0.2, 0.25) is 0 Å². The zero-order valence-corrected chi connectivity index (χ0v) is 22.3. The number of nitrogens with zero attached hydrogens (tertiary/aromatic N) is 4. The van der Waals surface area contributed by atoms with Crippen LogP contribution in [0.5, 0.6) is 0 Å². The molecule has 2 amide bonds. The molecule has 2 fully saturated rings. The zero-order valence-electron chi connectivity index (χ0n) is 22.3. The summed E-state index contributed by atoms with van der Waals surface area (Å²) in [5, 5.41) is 1.07. The Hall–Kier alpha value is -2.65. The summed E-state index contributed by atoms with van der Waals surface area (Å²) in [5.74, 6) is -0.0631. The maximum atomic E-state index is 13.7. The van der Waals surface area contributed by atoms with Gasteiger partial charge in [-0.15, -0.1) is 0 Å². The quantitative estimate of drug-likeness (QED) is 0.486. The van der Waals surface area contributed by atoms with Gasteiger partial charge in [-0.05, 0) is 71.1 Å². The van der Waals surface area contributed by atoms with Gasteiger partial charge in [0.05, 0.1) is 13.2 Å². The molecule has 2 aromatic heterocycles. The largest absolute Gasteiger partial charge is 0.444 e. The number of pyridine rings is 1. The van der Waals surface area contributed by atoms with Crippen LogP contribution in [-0.2, 0) is 32.1 Å². The molecule has 198 valence electrons. The van der Waals surface area contributed by atoms with E-state index in [2.05, 4.69) is 16.8 Å². The molecule has 2 aromatic rings. The van der Waals surface area contributed by atoms with Gasteiger partial charge in [-0.2, -0.15) is 0 Å². The number of carbonyl (C=O) groups is 2. The van der Waals surface area contributed by atoms with Crippen molar-refractivity contribution in [2.45, 2.75) is 84.2 Å². The molecule has 0 aromatic carbocycles. The first-order valence-electron chi connectivity index (χ1n) is 13.0. The predicted molar refractivity (Wildman–Crippen MR) is 137 cm³/mol. The molecule has 2 aliphatic rings. The first-order valence-corrected chi connectivity index (χ1v) is 13.0. The number of fused-ring (bicyclic) bond motifs is 1. The Kier molecular flexibility index (Phi) is 8.20. The van der Waals surface area contributed by atoms with Crippen LogP contribution in [0, 0.1) is 6.92 Å². The van der Waals surface area contributed by atoms with E-state index in [0.29, 0.717) is 19.7 Å². The molecule has 4 rings (SSSR count). The monoisotopic (exact) mass is 500 g/mol. The second-order valence-corrected chi connectivity index (χ2v) is 10.9. The Bertz CT molecular complexity index is 1070. The number of ether oxygens (including phenoxy) is 3.